The molecule has 2 rings (SSSR count). The second kappa shape index (κ2) is 8.12. The van der Waals surface area contributed by atoms with Crippen LogP contribution in [0, 0.1) is 6.92 Å². The predicted octanol–water partition coefficient (Wildman–Crippen LogP) is 3.83. The highest BCUT2D eigenvalue weighted by Gasteiger charge is 2.06. The van der Waals surface area contributed by atoms with Crippen molar-refractivity contribution in [1.82, 2.24) is 9.97 Å². The Morgan fingerprint density at radius 2 is 2.04 bits per heavy atom. The second-order valence-corrected chi connectivity index (χ2v) is 5.36. The van der Waals surface area contributed by atoms with Gasteiger partial charge in [0.15, 0.2) is 0 Å². The molecular formula is C17H22N4O2. The van der Waals surface area contributed by atoms with Crippen LogP contribution in [0.15, 0.2) is 30.3 Å². The molecule has 0 unspecified atom stereocenters. The lowest BCUT2D eigenvalue weighted by molar-refractivity contribution is 0.0697. The lowest BCUT2D eigenvalue weighted by Gasteiger charge is -2.10. The van der Waals surface area contributed by atoms with Crippen LogP contribution in [0.5, 0.6) is 0 Å². The minimum absolute atomic E-state index is 0.235. The number of carboxylic acid groups (broad SMARTS) is 1. The number of hydrogen-bond donors (Lipinski definition) is 3. The molecule has 6 nitrogen and oxygen atoms in total. The largest absolute Gasteiger partial charge is 0.478 e. The predicted molar refractivity (Wildman–Crippen MR) is 91.5 cm³/mol. The number of carbonyl (C=O) groups is 1. The summed E-state index contributed by atoms with van der Waals surface area (Å²) in [4.78, 5) is 19.8. The van der Waals surface area contributed by atoms with E-state index in [1.165, 1.54) is 12.8 Å². The van der Waals surface area contributed by atoms with Gasteiger partial charge in [0.05, 0.1) is 5.56 Å². The van der Waals surface area contributed by atoms with Crippen LogP contribution < -0.4 is 10.6 Å². The molecule has 0 fully saturated rings. The van der Waals surface area contributed by atoms with Crippen LogP contribution in [0.1, 0.15) is 42.2 Å². The van der Waals surface area contributed by atoms with E-state index in [2.05, 4.69) is 27.5 Å². The highest BCUT2D eigenvalue weighted by atomic mass is 16.4. The van der Waals surface area contributed by atoms with E-state index in [4.69, 9.17) is 5.11 Å². The van der Waals surface area contributed by atoms with Crippen molar-refractivity contribution in [2.24, 2.45) is 0 Å². The third kappa shape index (κ3) is 5.25. The monoisotopic (exact) mass is 314 g/mol. The number of carboxylic acids is 1. The average molecular weight is 314 g/mol. The van der Waals surface area contributed by atoms with Gasteiger partial charge in [-0.1, -0.05) is 25.8 Å². The Morgan fingerprint density at radius 1 is 1.22 bits per heavy atom. The van der Waals surface area contributed by atoms with Crippen LogP contribution in [0.4, 0.5) is 17.5 Å². The topological polar surface area (TPSA) is 87.1 Å². The van der Waals surface area contributed by atoms with Crippen molar-refractivity contribution >= 4 is 23.4 Å². The SMILES string of the molecule is CCCCCNc1nc(C)cc(Nc2cccc(C(=O)O)c2)n1. The molecule has 0 bridgehead atoms. The highest BCUT2D eigenvalue weighted by Crippen LogP contribution is 2.18. The van der Waals surface area contributed by atoms with Gasteiger partial charge in [-0.2, -0.15) is 4.98 Å². The minimum atomic E-state index is -0.953. The number of nitrogens with one attached hydrogen (secondary N) is 2. The first kappa shape index (κ1) is 16.7. The smallest absolute Gasteiger partial charge is 0.335 e. The maximum Gasteiger partial charge on any atom is 0.335 e. The van der Waals surface area contributed by atoms with Gasteiger partial charge >= 0.3 is 5.97 Å². The summed E-state index contributed by atoms with van der Waals surface area (Å²) in [7, 11) is 0. The molecule has 0 spiro atoms. The van der Waals surface area contributed by atoms with E-state index in [1.54, 1.807) is 24.3 Å². The molecule has 3 N–H and O–H groups in total. The molecule has 0 aliphatic rings. The summed E-state index contributed by atoms with van der Waals surface area (Å²) < 4.78 is 0. The number of nitrogens with zero attached hydrogens (tertiary/aromatic N) is 2. The van der Waals surface area contributed by atoms with Crippen LogP contribution in [0.2, 0.25) is 0 Å². The molecule has 2 aromatic rings. The third-order valence-corrected chi connectivity index (χ3v) is 3.30. The Kier molecular flexibility index (Phi) is 5.91. The zero-order valence-electron chi connectivity index (χ0n) is 13.5. The quantitative estimate of drug-likeness (QED) is 0.642. The molecule has 0 aliphatic heterocycles. The first-order valence-corrected chi connectivity index (χ1v) is 7.78. The molecule has 1 aromatic carbocycles. The van der Waals surface area contributed by atoms with Gasteiger partial charge in [-0.3, -0.25) is 0 Å². The summed E-state index contributed by atoms with van der Waals surface area (Å²) in [6.07, 6.45) is 3.42. The lowest BCUT2D eigenvalue weighted by atomic mass is 10.2. The number of aromatic nitrogens is 2. The van der Waals surface area contributed by atoms with Gasteiger partial charge in [-0.15, -0.1) is 0 Å². The van der Waals surface area contributed by atoms with Crippen molar-refractivity contribution in [2.75, 3.05) is 17.2 Å². The molecule has 6 heteroatoms. The van der Waals surface area contributed by atoms with Crippen molar-refractivity contribution in [2.45, 2.75) is 33.1 Å². The van der Waals surface area contributed by atoms with E-state index in [-0.39, 0.29) is 5.56 Å². The zero-order chi connectivity index (χ0) is 16.7. The van der Waals surface area contributed by atoms with Crippen molar-refractivity contribution in [1.29, 1.82) is 0 Å². The fourth-order valence-electron chi connectivity index (χ4n) is 2.16. The summed E-state index contributed by atoms with van der Waals surface area (Å²) in [6.45, 7) is 4.90. The first-order valence-electron chi connectivity index (χ1n) is 7.78. The number of anilines is 3. The zero-order valence-corrected chi connectivity index (χ0v) is 13.5. The standard InChI is InChI=1S/C17H22N4O2/c1-3-4-5-9-18-17-19-12(2)10-15(21-17)20-14-8-6-7-13(11-14)16(22)23/h6-8,10-11H,3-5,9H2,1-2H3,(H,22,23)(H2,18,19,20,21). The fraction of sp³-hybridized carbons (Fsp3) is 0.353. The van der Waals surface area contributed by atoms with E-state index in [0.29, 0.717) is 17.5 Å². The minimum Gasteiger partial charge on any atom is -0.478 e. The average Bonchev–Trinajstić information content (AvgIpc) is 2.51. The maximum absolute atomic E-state index is 11.0. The fourth-order valence-corrected chi connectivity index (χ4v) is 2.16. The molecule has 0 radical (unpaired) electrons. The van der Waals surface area contributed by atoms with E-state index < -0.39 is 5.97 Å². The van der Waals surface area contributed by atoms with E-state index in [0.717, 1.165) is 18.7 Å². The van der Waals surface area contributed by atoms with Gasteiger partial charge in [0, 0.05) is 24.0 Å². The Balaban J connectivity index is 2.09. The summed E-state index contributed by atoms with van der Waals surface area (Å²) in [6, 6.07) is 8.46. The molecule has 0 aliphatic carbocycles. The van der Waals surface area contributed by atoms with Crippen molar-refractivity contribution in [3.05, 3.63) is 41.6 Å². The Labute approximate surface area is 136 Å². The van der Waals surface area contributed by atoms with Crippen molar-refractivity contribution in [3.8, 4) is 0 Å². The van der Waals surface area contributed by atoms with Gasteiger partial charge in [0.25, 0.3) is 0 Å². The first-order chi connectivity index (χ1) is 11.1. The van der Waals surface area contributed by atoms with E-state index in [1.807, 2.05) is 13.0 Å². The number of aryl methyl sites for hydroxylation is 1. The number of benzene rings is 1. The number of hydrogen-bond acceptors (Lipinski definition) is 5. The molecule has 0 saturated heterocycles. The normalized spacial score (nSPS) is 10.3. The van der Waals surface area contributed by atoms with Gasteiger partial charge in [-0.25, -0.2) is 9.78 Å². The molecule has 0 atom stereocenters. The molecule has 122 valence electrons. The highest BCUT2D eigenvalue weighted by molar-refractivity contribution is 5.89. The molecule has 23 heavy (non-hydrogen) atoms. The molecule has 0 saturated carbocycles. The Hall–Kier alpha value is -2.63. The van der Waals surface area contributed by atoms with E-state index >= 15 is 0 Å². The summed E-state index contributed by atoms with van der Waals surface area (Å²) >= 11 is 0. The third-order valence-electron chi connectivity index (χ3n) is 3.30. The second-order valence-electron chi connectivity index (χ2n) is 5.36. The van der Waals surface area contributed by atoms with Crippen molar-refractivity contribution < 1.29 is 9.90 Å². The van der Waals surface area contributed by atoms with Crippen LogP contribution in [-0.4, -0.2) is 27.6 Å². The van der Waals surface area contributed by atoms with E-state index in [9.17, 15) is 4.79 Å². The van der Waals surface area contributed by atoms with Crippen molar-refractivity contribution in [3.63, 3.8) is 0 Å². The molecular weight excluding hydrogens is 292 g/mol. The van der Waals surface area contributed by atoms with Gasteiger partial charge in [-0.05, 0) is 31.5 Å². The summed E-state index contributed by atoms with van der Waals surface area (Å²) in [5, 5.41) is 15.4. The molecule has 1 aromatic heterocycles. The summed E-state index contributed by atoms with van der Waals surface area (Å²) in [5.74, 6) is 0.266. The van der Waals surface area contributed by atoms with Gasteiger partial charge < -0.3 is 15.7 Å². The summed E-state index contributed by atoms with van der Waals surface area (Å²) in [5.41, 5.74) is 1.76. The van der Waals surface area contributed by atoms with Crippen LogP contribution in [0.25, 0.3) is 0 Å². The van der Waals surface area contributed by atoms with Gasteiger partial charge in [0.1, 0.15) is 5.82 Å². The molecule has 0 amide bonds. The van der Waals surface area contributed by atoms with Gasteiger partial charge in [0.2, 0.25) is 5.95 Å². The maximum atomic E-state index is 11.0. The van der Waals surface area contributed by atoms with Crippen LogP contribution in [-0.2, 0) is 0 Å². The Morgan fingerprint density at radius 3 is 2.78 bits per heavy atom. The number of unbranched alkanes of at least 4 members (excludes halogenated alkanes) is 2. The van der Waals surface area contributed by atoms with Crippen LogP contribution >= 0.6 is 0 Å². The van der Waals surface area contributed by atoms with Crippen LogP contribution in [0.3, 0.4) is 0 Å². The lowest BCUT2D eigenvalue weighted by Crippen LogP contribution is -2.07. The molecule has 1 heterocycles. The Bertz CT molecular complexity index is 673. The number of aromatic carboxylic acids is 1. The number of rotatable bonds is 8.